The molecule has 0 aromatic heterocycles. The Labute approximate surface area is 107 Å². The van der Waals surface area contributed by atoms with E-state index in [1.165, 1.54) is 0 Å². The van der Waals surface area contributed by atoms with Crippen LogP contribution in [-0.2, 0) is 0 Å². The zero-order valence-electron chi connectivity index (χ0n) is 9.79. The fourth-order valence-electron chi connectivity index (χ4n) is 1.48. The van der Waals surface area contributed by atoms with Gasteiger partial charge >= 0.3 is 0 Å². The third-order valence-corrected chi connectivity index (χ3v) is 2.71. The molecule has 3 heteroatoms. The van der Waals surface area contributed by atoms with Gasteiger partial charge in [-0.25, -0.2) is 0 Å². The van der Waals surface area contributed by atoms with Gasteiger partial charge in [0.1, 0.15) is 17.4 Å². The minimum absolute atomic E-state index is 0.417. The molecule has 0 heterocycles. The van der Waals surface area contributed by atoms with Gasteiger partial charge in [0.15, 0.2) is 0 Å². The Hall–Kier alpha value is -1.46. The van der Waals surface area contributed by atoms with Gasteiger partial charge in [0.25, 0.3) is 0 Å². The molecule has 2 nitrogen and oxygen atoms in total. The van der Waals surface area contributed by atoms with Crippen LogP contribution in [0.1, 0.15) is 31.2 Å². The summed E-state index contributed by atoms with van der Waals surface area (Å²) in [4.78, 5) is 0. The minimum atomic E-state index is 0.417. The molecule has 0 aliphatic rings. The summed E-state index contributed by atoms with van der Waals surface area (Å²) in [6.45, 7) is 4.29. The van der Waals surface area contributed by atoms with Crippen LogP contribution in [0.2, 0.25) is 5.02 Å². The van der Waals surface area contributed by atoms with Crippen molar-refractivity contribution in [3.05, 3.63) is 41.4 Å². The van der Waals surface area contributed by atoms with Gasteiger partial charge in [-0.05, 0) is 37.8 Å². The third kappa shape index (κ3) is 4.50. The van der Waals surface area contributed by atoms with Crippen molar-refractivity contribution in [2.45, 2.75) is 25.7 Å². The van der Waals surface area contributed by atoms with Crippen LogP contribution < -0.4 is 4.74 Å². The van der Waals surface area contributed by atoms with Crippen molar-refractivity contribution in [3.8, 4) is 11.8 Å². The second-order valence-electron chi connectivity index (χ2n) is 3.71. The first kappa shape index (κ1) is 13.6. The Balaban J connectivity index is 2.39. The van der Waals surface area contributed by atoms with Gasteiger partial charge in [0.05, 0.1) is 11.6 Å². The standard InChI is InChI=1S/C14H16ClNO/c1-2-3-4-5-6-10-17-14-9-7-8-13(15)12(14)11-16/h2,7-9H,1,3-6,10H2. The first-order valence-corrected chi connectivity index (χ1v) is 6.09. The second kappa shape index (κ2) is 7.76. The van der Waals surface area contributed by atoms with E-state index in [4.69, 9.17) is 21.6 Å². The summed E-state index contributed by atoms with van der Waals surface area (Å²) in [5.74, 6) is 0.573. The molecule has 0 radical (unpaired) electrons. The molecular formula is C14H16ClNO. The van der Waals surface area contributed by atoms with Crippen molar-refractivity contribution in [2.24, 2.45) is 0 Å². The lowest BCUT2D eigenvalue weighted by atomic mass is 10.2. The summed E-state index contributed by atoms with van der Waals surface area (Å²) in [6.07, 6.45) is 6.18. The molecule has 0 atom stereocenters. The fraction of sp³-hybridized carbons (Fsp3) is 0.357. The number of nitriles is 1. The lowest BCUT2D eigenvalue weighted by molar-refractivity contribution is 0.304. The molecule has 1 aromatic rings. The van der Waals surface area contributed by atoms with E-state index in [2.05, 4.69) is 12.6 Å². The molecule has 0 aliphatic carbocycles. The average Bonchev–Trinajstić information content (AvgIpc) is 2.34. The summed E-state index contributed by atoms with van der Waals surface area (Å²) >= 11 is 5.90. The molecule has 0 aliphatic heterocycles. The van der Waals surface area contributed by atoms with E-state index >= 15 is 0 Å². The van der Waals surface area contributed by atoms with Crippen LogP contribution in [0.4, 0.5) is 0 Å². The van der Waals surface area contributed by atoms with E-state index < -0.39 is 0 Å². The Morgan fingerprint density at radius 3 is 2.88 bits per heavy atom. The number of nitrogens with zero attached hydrogens (tertiary/aromatic N) is 1. The predicted molar refractivity (Wildman–Crippen MR) is 70.3 cm³/mol. The van der Waals surface area contributed by atoms with E-state index in [1.54, 1.807) is 18.2 Å². The molecule has 17 heavy (non-hydrogen) atoms. The summed E-state index contributed by atoms with van der Waals surface area (Å²) in [6, 6.07) is 7.31. The Morgan fingerprint density at radius 1 is 1.35 bits per heavy atom. The van der Waals surface area contributed by atoms with Crippen molar-refractivity contribution in [1.29, 1.82) is 5.26 Å². The summed E-state index contributed by atoms with van der Waals surface area (Å²) in [5, 5.41) is 9.39. The van der Waals surface area contributed by atoms with Crippen molar-refractivity contribution < 1.29 is 4.74 Å². The van der Waals surface area contributed by atoms with Crippen molar-refractivity contribution >= 4 is 11.6 Å². The van der Waals surface area contributed by atoms with Crippen LogP contribution in [0.15, 0.2) is 30.9 Å². The predicted octanol–water partition coefficient (Wildman–Crippen LogP) is 4.34. The first-order chi connectivity index (χ1) is 8.29. The summed E-state index contributed by atoms with van der Waals surface area (Å²) in [7, 11) is 0. The number of ether oxygens (including phenoxy) is 1. The van der Waals surface area contributed by atoms with Gasteiger partial charge in [0, 0.05) is 0 Å². The summed E-state index contributed by atoms with van der Waals surface area (Å²) < 4.78 is 5.56. The quantitative estimate of drug-likeness (QED) is 0.532. The number of hydrogen-bond donors (Lipinski definition) is 0. The first-order valence-electron chi connectivity index (χ1n) is 5.72. The average molecular weight is 250 g/mol. The maximum Gasteiger partial charge on any atom is 0.138 e. The van der Waals surface area contributed by atoms with Gasteiger partial charge in [-0.15, -0.1) is 6.58 Å². The highest BCUT2D eigenvalue weighted by atomic mass is 35.5. The van der Waals surface area contributed by atoms with Crippen LogP contribution in [0, 0.1) is 11.3 Å². The SMILES string of the molecule is C=CCCCCCOc1cccc(Cl)c1C#N. The molecule has 0 unspecified atom stereocenters. The normalized spacial score (nSPS) is 9.65. The molecule has 1 rings (SSSR count). The molecule has 0 bridgehead atoms. The lowest BCUT2D eigenvalue weighted by Crippen LogP contribution is -1.99. The smallest absolute Gasteiger partial charge is 0.138 e. The van der Waals surface area contributed by atoms with Crippen molar-refractivity contribution in [2.75, 3.05) is 6.61 Å². The van der Waals surface area contributed by atoms with Gasteiger partial charge in [0.2, 0.25) is 0 Å². The van der Waals surface area contributed by atoms with E-state index in [9.17, 15) is 0 Å². The van der Waals surface area contributed by atoms with Crippen molar-refractivity contribution in [1.82, 2.24) is 0 Å². The van der Waals surface area contributed by atoms with Gasteiger partial charge in [-0.2, -0.15) is 5.26 Å². The molecule has 0 spiro atoms. The number of hydrogen-bond acceptors (Lipinski definition) is 2. The lowest BCUT2D eigenvalue weighted by Gasteiger charge is -2.08. The Bertz CT molecular complexity index is 409. The molecule has 90 valence electrons. The third-order valence-electron chi connectivity index (χ3n) is 2.40. The molecule has 0 saturated carbocycles. The Morgan fingerprint density at radius 2 is 2.18 bits per heavy atom. The highest BCUT2D eigenvalue weighted by Gasteiger charge is 2.06. The maximum atomic E-state index is 8.95. The monoisotopic (exact) mass is 249 g/mol. The highest BCUT2D eigenvalue weighted by Crippen LogP contribution is 2.25. The number of rotatable bonds is 7. The molecule has 0 saturated heterocycles. The van der Waals surface area contributed by atoms with Crippen LogP contribution in [0.3, 0.4) is 0 Å². The maximum absolute atomic E-state index is 8.95. The van der Waals surface area contributed by atoms with Gasteiger partial charge in [-0.3, -0.25) is 0 Å². The Kier molecular flexibility index (Phi) is 6.21. The highest BCUT2D eigenvalue weighted by molar-refractivity contribution is 6.31. The summed E-state index contributed by atoms with van der Waals surface area (Å²) in [5.41, 5.74) is 0.417. The van der Waals surface area contributed by atoms with Crippen LogP contribution in [-0.4, -0.2) is 6.61 Å². The topological polar surface area (TPSA) is 33.0 Å². The van der Waals surface area contributed by atoms with Crippen LogP contribution in [0.5, 0.6) is 5.75 Å². The van der Waals surface area contributed by atoms with Gasteiger partial charge in [-0.1, -0.05) is 23.7 Å². The van der Waals surface area contributed by atoms with E-state index in [0.29, 0.717) is 22.9 Å². The second-order valence-corrected chi connectivity index (χ2v) is 4.12. The zero-order valence-corrected chi connectivity index (χ0v) is 10.5. The number of allylic oxidation sites excluding steroid dienone is 1. The minimum Gasteiger partial charge on any atom is -0.492 e. The number of benzene rings is 1. The molecule has 0 N–H and O–H groups in total. The van der Waals surface area contributed by atoms with Crippen molar-refractivity contribution in [3.63, 3.8) is 0 Å². The molecule has 1 aromatic carbocycles. The van der Waals surface area contributed by atoms with E-state index in [0.717, 1.165) is 25.7 Å². The number of unbranched alkanes of at least 4 members (excludes halogenated alkanes) is 3. The fourth-order valence-corrected chi connectivity index (χ4v) is 1.69. The number of halogens is 1. The zero-order chi connectivity index (χ0) is 12.5. The molecular weight excluding hydrogens is 234 g/mol. The van der Waals surface area contributed by atoms with E-state index in [-0.39, 0.29) is 0 Å². The molecule has 0 amide bonds. The van der Waals surface area contributed by atoms with Crippen LogP contribution in [0.25, 0.3) is 0 Å². The van der Waals surface area contributed by atoms with Gasteiger partial charge < -0.3 is 4.74 Å². The van der Waals surface area contributed by atoms with E-state index in [1.807, 2.05) is 6.08 Å². The molecule has 0 fully saturated rings. The van der Waals surface area contributed by atoms with Crippen LogP contribution >= 0.6 is 11.6 Å². The largest absolute Gasteiger partial charge is 0.492 e.